The van der Waals surface area contributed by atoms with E-state index in [1.807, 2.05) is 13.8 Å². The summed E-state index contributed by atoms with van der Waals surface area (Å²) in [6, 6.07) is -0.157. The molecule has 0 fully saturated rings. The second kappa shape index (κ2) is 7.24. The van der Waals surface area contributed by atoms with Crippen LogP contribution in [0.3, 0.4) is 0 Å². The van der Waals surface area contributed by atoms with Crippen molar-refractivity contribution >= 4 is 12.1 Å². The smallest absolute Gasteiger partial charge is 0.407 e. The van der Waals surface area contributed by atoms with Crippen LogP contribution in [0.2, 0.25) is 0 Å². The van der Waals surface area contributed by atoms with Crippen LogP contribution in [0.1, 0.15) is 53.9 Å². The minimum Gasteiger partial charge on any atom is -0.481 e. The van der Waals surface area contributed by atoms with E-state index in [4.69, 9.17) is 9.84 Å². The molecule has 0 aliphatic rings. The fourth-order valence-corrected chi connectivity index (χ4v) is 1.59. The number of ether oxygens (including phenoxy) is 1. The topological polar surface area (TPSA) is 75.6 Å². The zero-order valence-electron chi connectivity index (χ0n) is 11.9. The molecule has 1 atom stereocenters. The third kappa shape index (κ3) is 9.93. The largest absolute Gasteiger partial charge is 0.481 e. The second-order valence-corrected chi connectivity index (χ2v) is 5.91. The van der Waals surface area contributed by atoms with Gasteiger partial charge in [0.1, 0.15) is 5.60 Å². The summed E-state index contributed by atoms with van der Waals surface area (Å²) < 4.78 is 5.16. The Labute approximate surface area is 109 Å². The number of nitrogens with one attached hydrogen (secondary N) is 1. The number of alkyl carbamates (subject to hydrolysis) is 1. The van der Waals surface area contributed by atoms with Gasteiger partial charge < -0.3 is 15.2 Å². The predicted octanol–water partition coefficient (Wildman–Crippen LogP) is 2.79. The molecule has 0 spiro atoms. The van der Waals surface area contributed by atoms with Gasteiger partial charge in [-0.15, -0.1) is 0 Å². The van der Waals surface area contributed by atoms with Crippen LogP contribution in [0.15, 0.2) is 0 Å². The van der Waals surface area contributed by atoms with Crippen molar-refractivity contribution in [1.82, 2.24) is 5.32 Å². The van der Waals surface area contributed by atoms with E-state index in [0.29, 0.717) is 12.3 Å². The van der Waals surface area contributed by atoms with Gasteiger partial charge in [-0.3, -0.25) is 4.79 Å². The first kappa shape index (κ1) is 16.7. The van der Waals surface area contributed by atoms with E-state index in [1.165, 1.54) is 0 Å². The van der Waals surface area contributed by atoms with Crippen molar-refractivity contribution in [3.05, 3.63) is 0 Å². The van der Waals surface area contributed by atoms with Gasteiger partial charge in [0, 0.05) is 12.5 Å². The van der Waals surface area contributed by atoms with E-state index in [-0.39, 0.29) is 12.5 Å². The highest BCUT2D eigenvalue weighted by atomic mass is 16.6. The van der Waals surface area contributed by atoms with Gasteiger partial charge in [-0.25, -0.2) is 4.79 Å². The summed E-state index contributed by atoms with van der Waals surface area (Å²) >= 11 is 0. The van der Waals surface area contributed by atoms with Crippen molar-refractivity contribution in [1.29, 1.82) is 0 Å². The van der Waals surface area contributed by atoms with Crippen molar-refractivity contribution in [3.8, 4) is 0 Å². The molecule has 0 aliphatic heterocycles. The van der Waals surface area contributed by atoms with E-state index >= 15 is 0 Å². The third-order valence-electron chi connectivity index (χ3n) is 2.18. The summed E-state index contributed by atoms with van der Waals surface area (Å²) in [6.07, 6.45) is 0.727. The highest BCUT2D eigenvalue weighted by Crippen LogP contribution is 2.12. The van der Waals surface area contributed by atoms with Crippen molar-refractivity contribution in [3.63, 3.8) is 0 Å². The lowest BCUT2D eigenvalue weighted by Crippen LogP contribution is -2.40. The van der Waals surface area contributed by atoms with Crippen molar-refractivity contribution in [2.75, 3.05) is 0 Å². The van der Waals surface area contributed by atoms with E-state index in [9.17, 15) is 9.59 Å². The number of carboxylic acids is 1. The fourth-order valence-electron chi connectivity index (χ4n) is 1.59. The van der Waals surface area contributed by atoms with Crippen LogP contribution in [0.25, 0.3) is 0 Å². The standard InChI is InChI=1S/C13H25NO4/c1-9(2)8-10(6-7-11(15)16)14-12(17)18-13(3,4)5/h9-10H,6-8H2,1-5H3,(H,14,17)(H,15,16)/t10-/m0/s1. The quantitative estimate of drug-likeness (QED) is 0.769. The van der Waals surface area contributed by atoms with E-state index < -0.39 is 17.7 Å². The molecule has 0 heterocycles. The van der Waals surface area contributed by atoms with Crippen molar-refractivity contribution in [2.45, 2.75) is 65.5 Å². The lowest BCUT2D eigenvalue weighted by atomic mass is 10.00. The van der Waals surface area contributed by atoms with Crippen LogP contribution < -0.4 is 5.32 Å². The Balaban J connectivity index is 4.30. The third-order valence-corrected chi connectivity index (χ3v) is 2.18. The van der Waals surface area contributed by atoms with Gasteiger partial charge in [0.25, 0.3) is 0 Å². The Hall–Kier alpha value is -1.26. The first-order valence-corrected chi connectivity index (χ1v) is 6.31. The fraction of sp³-hybridized carbons (Fsp3) is 0.846. The maximum absolute atomic E-state index is 11.6. The zero-order chi connectivity index (χ0) is 14.3. The number of hydrogen-bond donors (Lipinski definition) is 2. The van der Waals surface area contributed by atoms with Crippen molar-refractivity contribution in [2.24, 2.45) is 5.92 Å². The summed E-state index contributed by atoms with van der Waals surface area (Å²) in [5.74, 6) is -0.464. The van der Waals surface area contributed by atoms with Crippen LogP contribution in [-0.4, -0.2) is 28.8 Å². The second-order valence-electron chi connectivity index (χ2n) is 5.91. The average Bonchev–Trinajstić information content (AvgIpc) is 2.09. The first-order chi connectivity index (χ1) is 8.10. The van der Waals surface area contributed by atoms with Crippen LogP contribution >= 0.6 is 0 Å². The van der Waals surface area contributed by atoms with E-state index in [2.05, 4.69) is 5.32 Å². The van der Waals surface area contributed by atoms with Gasteiger partial charge in [0.2, 0.25) is 0 Å². The molecular formula is C13H25NO4. The van der Waals surface area contributed by atoms with Gasteiger partial charge in [-0.1, -0.05) is 13.8 Å². The SMILES string of the molecule is CC(C)C[C@H](CCC(=O)O)NC(=O)OC(C)(C)C. The normalized spacial score (nSPS) is 13.2. The number of rotatable bonds is 6. The molecule has 0 radical (unpaired) electrons. The summed E-state index contributed by atoms with van der Waals surface area (Å²) in [4.78, 5) is 22.2. The molecule has 0 rings (SSSR count). The highest BCUT2D eigenvalue weighted by Gasteiger charge is 2.20. The Morgan fingerprint density at radius 2 is 1.83 bits per heavy atom. The lowest BCUT2D eigenvalue weighted by molar-refractivity contribution is -0.137. The molecule has 0 unspecified atom stereocenters. The molecule has 0 saturated carbocycles. The summed E-state index contributed by atoms with van der Waals surface area (Å²) in [5.41, 5.74) is -0.542. The number of carbonyl (C=O) groups excluding carboxylic acids is 1. The molecular weight excluding hydrogens is 234 g/mol. The molecule has 0 aromatic rings. The number of carboxylic acid groups (broad SMARTS) is 1. The number of hydrogen-bond acceptors (Lipinski definition) is 3. The zero-order valence-corrected chi connectivity index (χ0v) is 11.9. The Morgan fingerprint density at radius 1 is 1.28 bits per heavy atom. The minimum absolute atomic E-state index is 0.0488. The van der Waals surface area contributed by atoms with E-state index in [0.717, 1.165) is 6.42 Å². The molecule has 5 nitrogen and oxygen atoms in total. The van der Waals surface area contributed by atoms with E-state index in [1.54, 1.807) is 20.8 Å². The first-order valence-electron chi connectivity index (χ1n) is 6.31. The lowest BCUT2D eigenvalue weighted by Gasteiger charge is -2.24. The summed E-state index contributed by atoms with van der Waals surface area (Å²) in [6.45, 7) is 9.44. The Bertz CT molecular complexity index is 281. The van der Waals surface area contributed by atoms with Gasteiger partial charge in [-0.2, -0.15) is 0 Å². The molecule has 1 amide bonds. The molecule has 18 heavy (non-hydrogen) atoms. The molecule has 0 aromatic heterocycles. The van der Waals surface area contributed by atoms with Crippen LogP contribution in [-0.2, 0) is 9.53 Å². The molecule has 0 aliphatic carbocycles. The minimum atomic E-state index is -0.852. The molecule has 0 bridgehead atoms. The summed E-state index contributed by atoms with van der Waals surface area (Å²) in [7, 11) is 0. The molecule has 0 saturated heterocycles. The highest BCUT2D eigenvalue weighted by molar-refractivity contribution is 5.69. The number of amides is 1. The van der Waals surface area contributed by atoms with Crippen molar-refractivity contribution < 1.29 is 19.4 Å². The maximum atomic E-state index is 11.6. The maximum Gasteiger partial charge on any atom is 0.407 e. The van der Waals surface area contributed by atoms with Crippen LogP contribution in [0.5, 0.6) is 0 Å². The molecule has 5 heteroatoms. The number of aliphatic carboxylic acids is 1. The molecule has 0 aromatic carbocycles. The monoisotopic (exact) mass is 259 g/mol. The van der Waals surface area contributed by atoms with Crippen LogP contribution in [0, 0.1) is 5.92 Å². The predicted molar refractivity (Wildman–Crippen MR) is 69.5 cm³/mol. The van der Waals surface area contributed by atoms with Gasteiger partial charge in [-0.05, 0) is 39.5 Å². The molecule has 106 valence electrons. The Kier molecular flexibility index (Phi) is 6.73. The van der Waals surface area contributed by atoms with Crippen LogP contribution in [0.4, 0.5) is 4.79 Å². The van der Waals surface area contributed by atoms with Gasteiger partial charge >= 0.3 is 12.1 Å². The van der Waals surface area contributed by atoms with Gasteiger partial charge in [0.05, 0.1) is 0 Å². The van der Waals surface area contributed by atoms with Gasteiger partial charge in [0.15, 0.2) is 0 Å². The number of carbonyl (C=O) groups is 2. The molecule has 2 N–H and O–H groups in total. The summed E-state index contributed by atoms with van der Waals surface area (Å²) in [5, 5.41) is 11.4. The Morgan fingerprint density at radius 3 is 2.22 bits per heavy atom. The average molecular weight is 259 g/mol.